The number of carbonyl (C=O) groups is 1. The molecule has 20 heavy (non-hydrogen) atoms. The largest absolute Gasteiger partial charge is 0.355 e. The van der Waals surface area contributed by atoms with E-state index in [-0.39, 0.29) is 5.91 Å². The van der Waals surface area contributed by atoms with E-state index >= 15 is 0 Å². The number of nitrogens with one attached hydrogen (secondary N) is 3. The Kier molecular flexibility index (Phi) is 4.94. The molecule has 4 unspecified atom stereocenters. The molecule has 3 fully saturated rings. The van der Waals surface area contributed by atoms with Crippen molar-refractivity contribution < 1.29 is 4.79 Å². The molecule has 0 aromatic rings. The minimum absolute atomic E-state index is 0.220. The van der Waals surface area contributed by atoms with Gasteiger partial charge < -0.3 is 16.0 Å². The molecule has 0 aromatic carbocycles. The Morgan fingerprint density at radius 1 is 1.00 bits per heavy atom. The van der Waals surface area contributed by atoms with Crippen molar-refractivity contribution >= 4 is 5.91 Å². The first-order chi connectivity index (χ1) is 9.83. The molecule has 114 valence electrons. The number of hydrogen-bond acceptors (Lipinski definition) is 3. The van der Waals surface area contributed by atoms with E-state index in [9.17, 15) is 4.79 Å². The standard InChI is InChI=1S/C16H29N3O/c20-16-9-8-12(11-18-16)19-15-7-2-1-5-13(15)14-6-3-4-10-17-14/h12-15,17,19H,1-11H2,(H,18,20). The number of rotatable bonds is 3. The van der Waals surface area contributed by atoms with E-state index in [4.69, 9.17) is 0 Å². The maximum atomic E-state index is 11.3. The van der Waals surface area contributed by atoms with Gasteiger partial charge in [0.15, 0.2) is 0 Å². The molecule has 1 aliphatic carbocycles. The minimum atomic E-state index is 0.220. The van der Waals surface area contributed by atoms with Gasteiger partial charge in [-0.25, -0.2) is 0 Å². The van der Waals surface area contributed by atoms with Gasteiger partial charge in [-0.3, -0.25) is 4.79 Å². The first kappa shape index (κ1) is 14.3. The van der Waals surface area contributed by atoms with Gasteiger partial charge in [0.1, 0.15) is 0 Å². The van der Waals surface area contributed by atoms with E-state index in [0.29, 0.717) is 18.5 Å². The number of piperidine rings is 2. The highest BCUT2D eigenvalue weighted by Crippen LogP contribution is 2.31. The number of amides is 1. The van der Waals surface area contributed by atoms with Crippen LogP contribution in [0.2, 0.25) is 0 Å². The van der Waals surface area contributed by atoms with Crippen molar-refractivity contribution in [1.29, 1.82) is 0 Å². The number of carbonyl (C=O) groups excluding carboxylic acids is 1. The van der Waals surface area contributed by atoms with Gasteiger partial charge in [0.25, 0.3) is 0 Å². The molecule has 0 aromatic heterocycles. The monoisotopic (exact) mass is 279 g/mol. The van der Waals surface area contributed by atoms with Crippen LogP contribution in [-0.4, -0.2) is 37.1 Å². The molecule has 2 aliphatic heterocycles. The SMILES string of the molecule is O=C1CCC(NC2CCCCC2C2CCCCN2)CN1. The molecule has 4 heteroatoms. The fourth-order valence-corrected chi connectivity index (χ4v) is 4.27. The van der Waals surface area contributed by atoms with Gasteiger partial charge in [-0.15, -0.1) is 0 Å². The third-order valence-electron chi connectivity index (χ3n) is 5.40. The molecular formula is C16H29N3O. The lowest BCUT2D eigenvalue weighted by Gasteiger charge is -2.42. The third kappa shape index (κ3) is 3.53. The lowest BCUT2D eigenvalue weighted by molar-refractivity contribution is -0.122. The van der Waals surface area contributed by atoms with E-state index in [0.717, 1.165) is 24.9 Å². The molecule has 4 atom stereocenters. The van der Waals surface area contributed by atoms with Gasteiger partial charge in [0, 0.05) is 31.1 Å². The van der Waals surface area contributed by atoms with Gasteiger partial charge >= 0.3 is 0 Å². The molecule has 2 saturated heterocycles. The molecule has 0 spiro atoms. The zero-order valence-corrected chi connectivity index (χ0v) is 12.5. The summed E-state index contributed by atoms with van der Waals surface area (Å²) < 4.78 is 0. The summed E-state index contributed by atoms with van der Waals surface area (Å²) in [6, 6.07) is 1.86. The summed E-state index contributed by atoms with van der Waals surface area (Å²) in [4.78, 5) is 11.3. The van der Waals surface area contributed by atoms with Crippen molar-refractivity contribution in [3.63, 3.8) is 0 Å². The second-order valence-corrected chi connectivity index (χ2v) is 6.82. The Morgan fingerprint density at radius 2 is 1.85 bits per heavy atom. The van der Waals surface area contributed by atoms with Gasteiger partial charge in [-0.05, 0) is 44.6 Å². The maximum Gasteiger partial charge on any atom is 0.220 e. The highest BCUT2D eigenvalue weighted by molar-refractivity contribution is 5.76. The van der Waals surface area contributed by atoms with Crippen LogP contribution >= 0.6 is 0 Å². The lowest BCUT2D eigenvalue weighted by Crippen LogP contribution is -2.56. The van der Waals surface area contributed by atoms with Crippen molar-refractivity contribution in [1.82, 2.24) is 16.0 Å². The normalized spacial score (nSPS) is 39.3. The molecule has 3 rings (SSSR count). The van der Waals surface area contributed by atoms with E-state index in [1.165, 1.54) is 51.5 Å². The molecule has 0 radical (unpaired) electrons. The first-order valence-electron chi connectivity index (χ1n) is 8.59. The second kappa shape index (κ2) is 6.90. The van der Waals surface area contributed by atoms with E-state index in [1.54, 1.807) is 0 Å². The molecule has 3 aliphatic rings. The van der Waals surface area contributed by atoms with Gasteiger partial charge in [-0.2, -0.15) is 0 Å². The smallest absolute Gasteiger partial charge is 0.220 e. The third-order valence-corrected chi connectivity index (χ3v) is 5.40. The summed E-state index contributed by atoms with van der Waals surface area (Å²) in [5, 5.41) is 10.6. The van der Waals surface area contributed by atoms with Crippen molar-refractivity contribution in [3.05, 3.63) is 0 Å². The molecule has 0 bridgehead atoms. The van der Waals surface area contributed by atoms with Gasteiger partial charge in [0.05, 0.1) is 0 Å². The highest BCUT2D eigenvalue weighted by Gasteiger charge is 2.34. The topological polar surface area (TPSA) is 53.2 Å². The van der Waals surface area contributed by atoms with Crippen molar-refractivity contribution in [2.45, 2.75) is 75.9 Å². The maximum absolute atomic E-state index is 11.3. The van der Waals surface area contributed by atoms with Crippen LogP contribution in [0.15, 0.2) is 0 Å². The zero-order chi connectivity index (χ0) is 13.8. The highest BCUT2D eigenvalue weighted by atomic mass is 16.1. The van der Waals surface area contributed by atoms with Crippen LogP contribution in [0.25, 0.3) is 0 Å². The van der Waals surface area contributed by atoms with Crippen LogP contribution in [0, 0.1) is 5.92 Å². The van der Waals surface area contributed by atoms with Crippen molar-refractivity contribution in [3.8, 4) is 0 Å². The Hall–Kier alpha value is -0.610. The molecule has 1 amide bonds. The van der Waals surface area contributed by atoms with Crippen molar-refractivity contribution in [2.75, 3.05) is 13.1 Å². The summed E-state index contributed by atoms with van der Waals surface area (Å²) in [5.41, 5.74) is 0. The van der Waals surface area contributed by atoms with Gasteiger partial charge in [0.2, 0.25) is 5.91 Å². The van der Waals surface area contributed by atoms with Crippen LogP contribution in [0.5, 0.6) is 0 Å². The van der Waals surface area contributed by atoms with Crippen LogP contribution in [0.4, 0.5) is 0 Å². The van der Waals surface area contributed by atoms with Crippen LogP contribution in [0.1, 0.15) is 57.8 Å². The summed E-state index contributed by atoms with van der Waals surface area (Å²) in [5.74, 6) is 1.01. The fraction of sp³-hybridized carbons (Fsp3) is 0.938. The predicted molar refractivity (Wildman–Crippen MR) is 80.6 cm³/mol. The molecular weight excluding hydrogens is 250 g/mol. The average molecular weight is 279 g/mol. The van der Waals surface area contributed by atoms with Gasteiger partial charge in [-0.1, -0.05) is 19.3 Å². The summed E-state index contributed by atoms with van der Waals surface area (Å²) in [6.07, 6.45) is 11.2. The molecule has 3 N–H and O–H groups in total. The van der Waals surface area contributed by atoms with Crippen LogP contribution < -0.4 is 16.0 Å². The summed E-state index contributed by atoms with van der Waals surface area (Å²) in [6.45, 7) is 2.02. The van der Waals surface area contributed by atoms with E-state index < -0.39 is 0 Å². The first-order valence-corrected chi connectivity index (χ1v) is 8.59. The van der Waals surface area contributed by atoms with Crippen LogP contribution in [-0.2, 0) is 4.79 Å². The predicted octanol–water partition coefficient (Wildman–Crippen LogP) is 1.56. The van der Waals surface area contributed by atoms with Crippen molar-refractivity contribution in [2.24, 2.45) is 5.92 Å². The Bertz CT molecular complexity index is 318. The van der Waals surface area contributed by atoms with Crippen LogP contribution in [0.3, 0.4) is 0 Å². The minimum Gasteiger partial charge on any atom is -0.355 e. The zero-order valence-electron chi connectivity index (χ0n) is 12.5. The molecule has 4 nitrogen and oxygen atoms in total. The Morgan fingerprint density at radius 3 is 2.60 bits per heavy atom. The summed E-state index contributed by atoms with van der Waals surface area (Å²) >= 11 is 0. The number of hydrogen-bond donors (Lipinski definition) is 3. The average Bonchev–Trinajstić information content (AvgIpc) is 2.51. The Labute approximate surface area is 122 Å². The lowest BCUT2D eigenvalue weighted by atomic mass is 9.77. The molecule has 1 saturated carbocycles. The van der Waals surface area contributed by atoms with E-state index in [1.807, 2.05) is 0 Å². The van der Waals surface area contributed by atoms with E-state index in [2.05, 4.69) is 16.0 Å². The molecule has 2 heterocycles. The fourth-order valence-electron chi connectivity index (χ4n) is 4.27. The second-order valence-electron chi connectivity index (χ2n) is 6.82. The quantitative estimate of drug-likeness (QED) is 0.735. The summed E-state index contributed by atoms with van der Waals surface area (Å²) in [7, 11) is 0. The Balaban J connectivity index is 1.55.